The van der Waals surface area contributed by atoms with Gasteiger partial charge >= 0.3 is 24.3 Å². The van der Waals surface area contributed by atoms with Crippen LogP contribution in [0.25, 0.3) is 0 Å². The molecular weight excluding hydrogens is 510 g/mol. The number of sulfone groups is 1. The van der Waals surface area contributed by atoms with E-state index in [1.54, 1.807) is 0 Å². The van der Waals surface area contributed by atoms with Gasteiger partial charge in [0, 0.05) is 12.4 Å². The number of alkyl halides is 6. The predicted molar refractivity (Wildman–Crippen MR) is 99.7 cm³/mol. The van der Waals surface area contributed by atoms with Crippen molar-refractivity contribution in [3.63, 3.8) is 0 Å². The number of rotatable bonds is 4. The molecule has 0 radical (unpaired) electrons. The molecule has 0 bridgehead atoms. The first kappa shape index (κ1) is 28.1. The van der Waals surface area contributed by atoms with E-state index in [-0.39, 0.29) is 0 Å². The second kappa shape index (κ2) is 9.91. The molecule has 0 aromatic carbocycles. The number of carboxylic acid groups (broad SMARTS) is 2. The molecule has 2 N–H and O–H groups in total. The topological polar surface area (TPSA) is 135 Å². The first-order chi connectivity index (χ1) is 14.8. The third-order valence-corrected chi connectivity index (χ3v) is 6.13. The van der Waals surface area contributed by atoms with Crippen molar-refractivity contribution in [3.8, 4) is 0 Å². The minimum absolute atomic E-state index is 0.294. The molecule has 33 heavy (non-hydrogen) atoms. The molecule has 0 spiro atoms. The number of halogens is 7. The van der Waals surface area contributed by atoms with Crippen LogP contribution in [-0.2, 0) is 22.2 Å². The zero-order chi connectivity index (χ0) is 25.9. The van der Waals surface area contributed by atoms with Gasteiger partial charge in [0.15, 0.2) is 21.2 Å². The average Bonchev–Trinajstić information content (AvgIpc) is 2.66. The van der Waals surface area contributed by atoms with Crippen LogP contribution in [-0.4, -0.2) is 45.8 Å². The molecular formula is C17H13ClF6N2O6S. The third kappa shape index (κ3) is 7.02. The molecule has 2 aromatic heterocycles. The Morgan fingerprint density at radius 1 is 0.879 bits per heavy atom. The van der Waals surface area contributed by atoms with Gasteiger partial charge in [-0.1, -0.05) is 11.6 Å². The van der Waals surface area contributed by atoms with E-state index in [2.05, 4.69) is 9.97 Å². The number of hydrogen-bond acceptors (Lipinski definition) is 6. The molecule has 0 atom stereocenters. The summed E-state index contributed by atoms with van der Waals surface area (Å²) in [7, 11) is -4.18. The Labute approximate surface area is 186 Å². The first-order valence-electron chi connectivity index (χ1n) is 8.30. The Kier molecular flexibility index (Phi) is 8.43. The maximum atomic E-state index is 12.5. The summed E-state index contributed by atoms with van der Waals surface area (Å²) in [6, 6.07) is 0.823. The Balaban J connectivity index is 0.000000346. The summed E-state index contributed by atoms with van der Waals surface area (Å²) < 4.78 is 97.4. The van der Waals surface area contributed by atoms with Crippen molar-refractivity contribution in [2.45, 2.75) is 36.3 Å². The molecule has 0 aliphatic carbocycles. The van der Waals surface area contributed by atoms with Crippen molar-refractivity contribution in [2.75, 3.05) is 0 Å². The van der Waals surface area contributed by atoms with Gasteiger partial charge in [-0.15, -0.1) is 0 Å². The van der Waals surface area contributed by atoms with Crippen molar-refractivity contribution in [1.82, 2.24) is 9.97 Å². The van der Waals surface area contributed by atoms with Gasteiger partial charge < -0.3 is 10.2 Å². The standard InChI is InChI=1S/C10H10F3NO4S.C7H3ClF3NO2/c1-5(2)19(17,18)7-3-6(10(11,12)13)4-14-8(7)9(15)16;8-4-1-3(7(9,10)11)2-12-5(4)6(13)14/h3-5H,1-2H3,(H,15,16);1-2H,(H,13,14). The maximum absolute atomic E-state index is 12.5. The summed E-state index contributed by atoms with van der Waals surface area (Å²) in [5.41, 5.74) is -3.90. The molecule has 0 amide bonds. The average molecular weight is 523 g/mol. The summed E-state index contributed by atoms with van der Waals surface area (Å²) >= 11 is 5.29. The molecule has 2 rings (SSSR count). The van der Waals surface area contributed by atoms with Gasteiger partial charge in [0.25, 0.3) is 0 Å². The van der Waals surface area contributed by atoms with Gasteiger partial charge in [0.2, 0.25) is 0 Å². The van der Waals surface area contributed by atoms with E-state index in [0.29, 0.717) is 24.5 Å². The lowest BCUT2D eigenvalue weighted by atomic mass is 10.2. The highest BCUT2D eigenvalue weighted by Crippen LogP contribution is 2.32. The minimum atomic E-state index is -4.80. The van der Waals surface area contributed by atoms with Gasteiger partial charge in [0.1, 0.15) is 4.90 Å². The highest BCUT2D eigenvalue weighted by atomic mass is 35.5. The van der Waals surface area contributed by atoms with Crippen LogP contribution in [0.4, 0.5) is 26.3 Å². The number of aromatic carboxylic acids is 2. The van der Waals surface area contributed by atoms with Gasteiger partial charge in [0.05, 0.1) is 21.4 Å². The van der Waals surface area contributed by atoms with E-state index in [4.69, 9.17) is 21.8 Å². The van der Waals surface area contributed by atoms with E-state index in [1.165, 1.54) is 13.8 Å². The van der Waals surface area contributed by atoms with Crippen LogP contribution in [0.5, 0.6) is 0 Å². The molecule has 2 heterocycles. The lowest BCUT2D eigenvalue weighted by Gasteiger charge is -2.13. The lowest BCUT2D eigenvalue weighted by molar-refractivity contribution is -0.138. The fourth-order valence-corrected chi connectivity index (χ4v) is 3.44. The van der Waals surface area contributed by atoms with Gasteiger partial charge in [-0.25, -0.2) is 28.0 Å². The first-order valence-corrected chi connectivity index (χ1v) is 10.2. The predicted octanol–water partition coefficient (Wildman–Crippen LogP) is 4.43. The number of aromatic nitrogens is 2. The van der Waals surface area contributed by atoms with Crippen LogP contribution < -0.4 is 0 Å². The minimum Gasteiger partial charge on any atom is -0.476 e. The molecule has 0 fully saturated rings. The van der Waals surface area contributed by atoms with Crippen molar-refractivity contribution in [1.29, 1.82) is 0 Å². The number of pyridine rings is 2. The number of carboxylic acids is 2. The monoisotopic (exact) mass is 522 g/mol. The van der Waals surface area contributed by atoms with E-state index >= 15 is 0 Å². The smallest absolute Gasteiger partial charge is 0.417 e. The van der Waals surface area contributed by atoms with Crippen molar-refractivity contribution < 1.29 is 54.6 Å². The molecule has 0 unspecified atom stereocenters. The van der Waals surface area contributed by atoms with Crippen LogP contribution in [0, 0.1) is 0 Å². The van der Waals surface area contributed by atoms with Crippen molar-refractivity contribution in [2.24, 2.45) is 0 Å². The van der Waals surface area contributed by atoms with Crippen LogP contribution in [0.3, 0.4) is 0 Å². The van der Waals surface area contributed by atoms with Crippen LogP contribution >= 0.6 is 11.6 Å². The van der Waals surface area contributed by atoms with E-state index in [1.807, 2.05) is 0 Å². The normalized spacial score (nSPS) is 12.2. The molecule has 0 saturated heterocycles. The van der Waals surface area contributed by atoms with Crippen LogP contribution in [0.15, 0.2) is 29.4 Å². The highest BCUT2D eigenvalue weighted by Gasteiger charge is 2.35. The zero-order valence-electron chi connectivity index (χ0n) is 16.4. The van der Waals surface area contributed by atoms with E-state index in [9.17, 15) is 44.3 Å². The molecule has 0 aliphatic rings. The molecule has 16 heteroatoms. The van der Waals surface area contributed by atoms with E-state index < -0.39 is 71.8 Å². The Morgan fingerprint density at radius 3 is 1.61 bits per heavy atom. The number of carbonyl (C=O) groups is 2. The highest BCUT2D eigenvalue weighted by molar-refractivity contribution is 7.92. The second-order valence-corrected chi connectivity index (χ2v) is 9.20. The summed E-state index contributed by atoms with van der Waals surface area (Å²) in [6.45, 7) is 2.47. The SMILES string of the molecule is CC(C)S(=O)(=O)c1cc(C(F)(F)F)cnc1C(=O)O.O=C(O)c1ncc(C(F)(F)F)cc1Cl. The van der Waals surface area contributed by atoms with Gasteiger partial charge in [-0.3, -0.25) is 0 Å². The summed E-state index contributed by atoms with van der Waals surface area (Å²) in [4.78, 5) is 26.5. The molecule has 8 nitrogen and oxygen atoms in total. The Hall–Kier alpha value is -2.94. The number of hydrogen-bond donors (Lipinski definition) is 2. The quantitative estimate of drug-likeness (QED) is 0.563. The molecule has 2 aromatic rings. The van der Waals surface area contributed by atoms with E-state index in [0.717, 1.165) is 0 Å². The zero-order valence-corrected chi connectivity index (χ0v) is 17.9. The molecule has 0 aliphatic heterocycles. The Bertz CT molecular complexity index is 1170. The van der Waals surface area contributed by atoms with Crippen LogP contribution in [0.2, 0.25) is 5.02 Å². The molecule has 182 valence electrons. The van der Waals surface area contributed by atoms with Crippen LogP contribution in [0.1, 0.15) is 46.0 Å². The van der Waals surface area contributed by atoms with Crippen molar-refractivity contribution in [3.05, 3.63) is 52.1 Å². The number of nitrogens with zero attached hydrogens (tertiary/aromatic N) is 2. The summed E-state index contributed by atoms with van der Waals surface area (Å²) in [5, 5.41) is 15.6. The third-order valence-electron chi connectivity index (χ3n) is 3.68. The second-order valence-electron chi connectivity index (χ2n) is 6.32. The van der Waals surface area contributed by atoms with Gasteiger partial charge in [-0.05, 0) is 26.0 Å². The summed E-state index contributed by atoms with van der Waals surface area (Å²) in [5.74, 6) is -3.17. The molecule has 0 saturated carbocycles. The van der Waals surface area contributed by atoms with Gasteiger partial charge in [-0.2, -0.15) is 26.3 Å². The van der Waals surface area contributed by atoms with Crippen molar-refractivity contribution >= 4 is 33.4 Å². The fourth-order valence-electron chi connectivity index (χ4n) is 1.98. The maximum Gasteiger partial charge on any atom is 0.417 e. The summed E-state index contributed by atoms with van der Waals surface area (Å²) in [6.07, 6.45) is -8.66. The Morgan fingerprint density at radius 2 is 1.27 bits per heavy atom. The largest absolute Gasteiger partial charge is 0.476 e. The lowest BCUT2D eigenvalue weighted by Crippen LogP contribution is -2.20. The fraction of sp³-hybridized carbons (Fsp3) is 0.294.